The van der Waals surface area contributed by atoms with Gasteiger partial charge in [-0.1, -0.05) is 42.0 Å². The molecule has 0 N–H and O–H groups in total. The highest BCUT2D eigenvalue weighted by molar-refractivity contribution is 5.87. The van der Waals surface area contributed by atoms with Crippen LogP contribution < -0.4 is 0 Å². The van der Waals surface area contributed by atoms with Gasteiger partial charge in [-0.15, -0.1) is 0 Å². The molecule has 0 aliphatic carbocycles. The van der Waals surface area contributed by atoms with E-state index in [0.717, 1.165) is 6.54 Å². The van der Waals surface area contributed by atoms with Gasteiger partial charge in [0.1, 0.15) is 0 Å². The molecule has 3 aliphatic rings. The number of benzene rings is 2. The molecule has 1 heteroatoms. The highest BCUT2D eigenvalue weighted by Crippen LogP contribution is 2.34. The van der Waals surface area contributed by atoms with E-state index in [2.05, 4.69) is 47.4 Å². The van der Waals surface area contributed by atoms with E-state index in [9.17, 15) is 0 Å². The molecule has 90 valence electrons. The van der Waals surface area contributed by atoms with Crippen LogP contribution in [0.1, 0.15) is 18.4 Å². The van der Waals surface area contributed by atoms with Crippen molar-refractivity contribution < 1.29 is 0 Å². The van der Waals surface area contributed by atoms with E-state index in [1.54, 1.807) is 11.1 Å². The van der Waals surface area contributed by atoms with Crippen LogP contribution in [-0.4, -0.2) is 24.5 Å². The van der Waals surface area contributed by atoms with Gasteiger partial charge in [-0.3, -0.25) is 4.90 Å². The first-order chi connectivity index (χ1) is 8.90. The number of rotatable bonds is 1. The normalized spacial score (nSPS) is 19.8. The molecule has 2 aromatic rings. The van der Waals surface area contributed by atoms with Gasteiger partial charge in [0.05, 0.1) is 0 Å². The van der Waals surface area contributed by atoms with Crippen molar-refractivity contribution in [3.63, 3.8) is 0 Å². The average Bonchev–Trinajstić information content (AvgIpc) is 2.48. The summed E-state index contributed by atoms with van der Waals surface area (Å²) in [5.74, 6) is 0. The predicted octanol–water partition coefficient (Wildman–Crippen LogP) is 3.70. The average molecular weight is 235 g/mol. The van der Waals surface area contributed by atoms with Crippen molar-refractivity contribution in [3.05, 3.63) is 53.6 Å². The van der Waals surface area contributed by atoms with Crippen molar-refractivity contribution in [2.75, 3.05) is 19.6 Å². The van der Waals surface area contributed by atoms with Crippen LogP contribution in [0.3, 0.4) is 0 Å². The Kier molecular flexibility index (Phi) is 2.27. The second-order valence-electron chi connectivity index (χ2n) is 5.42. The van der Waals surface area contributed by atoms with Crippen molar-refractivity contribution in [2.45, 2.75) is 12.8 Å². The Balaban J connectivity index is 1.85. The van der Waals surface area contributed by atoms with E-state index in [-0.39, 0.29) is 0 Å². The smallest absolute Gasteiger partial charge is 0.0239 e. The van der Waals surface area contributed by atoms with Crippen molar-refractivity contribution in [1.29, 1.82) is 0 Å². The van der Waals surface area contributed by atoms with Crippen LogP contribution >= 0.6 is 0 Å². The third-order valence-corrected chi connectivity index (χ3v) is 4.37. The van der Waals surface area contributed by atoms with E-state index < -0.39 is 0 Å². The Morgan fingerprint density at radius 2 is 1.61 bits per heavy atom. The predicted molar refractivity (Wildman–Crippen MR) is 76.5 cm³/mol. The lowest BCUT2D eigenvalue weighted by molar-refractivity contribution is 0.269. The van der Waals surface area contributed by atoms with Crippen molar-refractivity contribution in [1.82, 2.24) is 4.90 Å². The van der Waals surface area contributed by atoms with Crippen LogP contribution in [0, 0.1) is 0 Å². The van der Waals surface area contributed by atoms with Gasteiger partial charge < -0.3 is 0 Å². The number of hydrogen-bond acceptors (Lipinski definition) is 1. The SMILES string of the molecule is c1ccc2cc(C3=C4CCN(CC4)C3)ccc2c1. The van der Waals surface area contributed by atoms with Crippen LogP contribution in [0.2, 0.25) is 0 Å². The Morgan fingerprint density at radius 3 is 2.33 bits per heavy atom. The summed E-state index contributed by atoms with van der Waals surface area (Å²) in [6.45, 7) is 3.70. The number of hydrogen-bond donors (Lipinski definition) is 0. The van der Waals surface area contributed by atoms with E-state index in [4.69, 9.17) is 0 Å². The van der Waals surface area contributed by atoms with Gasteiger partial charge in [-0.25, -0.2) is 0 Å². The number of fused-ring (bicyclic) bond motifs is 4. The first-order valence-electron chi connectivity index (χ1n) is 6.82. The first kappa shape index (κ1) is 10.3. The summed E-state index contributed by atoms with van der Waals surface area (Å²) in [5, 5.41) is 2.70. The van der Waals surface area contributed by atoms with E-state index in [0.29, 0.717) is 0 Å². The van der Waals surface area contributed by atoms with Gasteiger partial charge in [0.2, 0.25) is 0 Å². The summed E-state index contributed by atoms with van der Waals surface area (Å²) in [5.41, 5.74) is 4.74. The molecular formula is C17H17N. The lowest BCUT2D eigenvalue weighted by Gasteiger charge is -2.37. The molecule has 0 spiro atoms. The van der Waals surface area contributed by atoms with Gasteiger partial charge in [-0.2, -0.15) is 0 Å². The fraction of sp³-hybridized carbons (Fsp3) is 0.294. The molecule has 0 aromatic heterocycles. The van der Waals surface area contributed by atoms with Gasteiger partial charge in [0, 0.05) is 19.6 Å². The summed E-state index contributed by atoms with van der Waals surface area (Å²) < 4.78 is 0. The molecule has 0 radical (unpaired) electrons. The molecule has 3 heterocycles. The van der Waals surface area contributed by atoms with Crippen LogP contribution in [0.5, 0.6) is 0 Å². The Morgan fingerprint density at radius 1 is 0.833 bits per heavy atom. The van der Waals surface area contributed by atoms with Crippen LogP contribution in [0.25, 0.3) is 16.3 Å². The van der Waals surface area contributed by atoms with Crippen molar-refractivity contribution in [2.24, 2.45) is 0 Å². The lowest BCUT2D eigenvalue weighted by atomic mass is 9.87. The summed E-state index contributed by atoms with van der Waals surface area (Å²) in [7, 11) is 0. The van der Waals surface area contributed by atoms with Crippen molar-refractivity contribution in [3.8, 4) is 0 Å². The van der Waals surface area contributed by atoms with Crippen LogP contribution in [0.15, 0.2) is 48.0 Å². The highest BCUT2D eigenvalue weighted by atomic mass is 15.1. The molecule has 0 amide bonds. The maximum atomic E-state index is 2.58. The molecule has 2 aromatic carbocycles. The van der Waals surface area contributed by atoms with Gasteiger partial charge >= 0.3 is 0 Å². The quantitative estimate of drug-likeness (QED) is 0.728. The Bertz CT molecular complexity index is 629. The fourth-order valence-corrected chi connectivity index (χ4v) is 3.29. The Labute approximate surface area is 108 Å². The van der Waals surface area contributed by atoms with Gasteiger partial charge in [0.15, 0.2) is 0 Å². The molecule has 1 nitrogen and oxygen atoms in total. The zero-order valence-electron chi connectivity index (χ0n) is 10.5. The fourth-order valence-electron chi connectivity index (χ4n) is 3.29. The third-order valence-electron chi connectivity index (χ3n) is 4.37. The molecule has 2 bridgehead atoms. The van der Waals surface area contributed by atoms with E-state index in [1.165, 1.54) is 42.3 Å². The third kappa shape index (κ3) is 1.58. The highest BCUT2D eigenvalue weighted by Gasteiger charge is 2.24. The maximum Gasteiger partial charge on any atom is 0.0239 e. The standard InChI is InChI=1S/C17H17N/c1-2-4-15-11-16(6-5-13(15)3-1)17-12-18-9-7-14(17)8-10-18/h1-6,11H,7-10,12H2. The second-order valence-corrected chi connectivity index (χ2v) is 5.42. The number of piperidine rings is 1. The first-order valence-corrected chi connectivity index (χ1v) is 6.82. The monoisotopic (exact) mass is 235 g/mol. The lowest BCUT2D eigenvalue weighted by Crippen LogP contribution is -2.37. The summed E-state index contributed by atoms with van der Waals surface area (Å²) in [4.78, 5) is 2.58. The largest absolute Gasteiger partial charge is 0.298 e. The summed E-state index contributed by atoms with van der Waals surface area (Å²) in [6, 6.07) is 15.6. The van der Waals surface area contributed by atoms with Gasteiger partial charge in [0.25, 0.3) is 0 Å². The molecular weight excluding hydrogens is 218 g/mol. The topological polar surface area (TPSA) is 3.24 Å². The van der Waals surface area contributed by atoms with Gasteiger partial charge in [-0.05, 0) is 40.8 Å². The molecule has 18 heavy (non-hydrogen) atoms. The Hall–Kier alpha value is -1.60. The summed E-state index contributed by atoms with van der Waals surface area (Å²) >= 11 is 0. The summed E-state index contributed by atoms with van der Waals surface area (Å²) in [6.07, 6.45) is 2.56. The molecule has 3 aliphatic heterocycles. The minimum absolute atomic E-state index is 1.16. The maximum absolute atomic E-state index is 2.58. The molecule has 0 atom stereocenters. The molecule has 0 saturated carbocycles. The number of nitrogens with zero attached hydrogens (tertiary/aromatic N) is 1. The zero-order chi connectivity index (χ0) is 11.9. The van der Waals surface area contributed by atoms with Crippen LogP contribution in [0.4, 0.5) is 0 Å². The minimum Gasteiger partial charge on any atom is -0.298 e. The zero-order valence-corrected chi connectivity index (χ0v) is 10.5. The van der Waals surface area contributed by atoms with E-state index in [1.807, 2.05) is 0 Å². The molecule has 1 saturated heterocycles. The van der Waals surface area contributed by atoms with Crippen LogP contribution in [-0.2, 0) is 0 Å². The second kappa shape index (κ2) is 3.96. The van der Waals surface area contributed by atoms with Crippen molar-refractivity contribution >= 4 is 16.3 Å². The van der Waals surface area contributed by atoms with E-state index >= 15 is 0 Å². The molecule has 5 rings (SSSR count). The molecule has 1 fully saturated rings. The minimum atomic E-state index is 1.16. The molecule has 0 unspecified atom stereocenters.